The molecule has 0 aromatic heterocycles. The van der Waals surface area contributed by atoms with E-state index in [-0.39, 0.29) is 11.3 Å². The maximum atomic E-state index is 11.3. The Balaban J connectivity index is 2.96. The number of aliphatic hydroxyl groups excluding tert-OH is 1. The Kier molecular flexibility index (Phi) is 2.93. The first-order valence-electron chi connectivity index (χ1n) is 4.02. The number of carbonyl (C=O) groups excluding carboxylic acids is 1. The van der Waals surface area contributed by atoms with Gasteiger partial charge in [-0.1, -0.05) is 6.07 Å². The molecule has 5 nitrogen and oxygen atoms in total. The summed E-state index contributed by atoms with van der Waals surface area (Å²) < 4.78 is 0. The lowest BCUT2D eigenvalue weighted by atomic mass is 10.1. The van der Waals surface area contributed by atoms with Crippen molar-refractivity contribution in [2.45, 2.75) is 13.2 Å². The predicted molar refractivity (Wildman–Crippen MR) is 48.9 cm³/mol. The lowest BCUT2D eigenvalue weighted by Gasteiger charge is -2.09. The van der Waals surface area contributed by atoms with Crippen molar-refractivity contribution < 1.29 is 20.1 Å². The second kappa shape index (κ2) is 3.97. The molecule has 0 spiro atoms. The smallest absolute Gasteiger partial charge is 0.257 e. The Bertz CT molecular complexity index is 349. The maximum absolute atomic E-state index is 11.3. The fourth-order valence-electron chi connectivity index (χ4n) is 0.982. The van der Waals surface area contributed by atoms with Gasteiger partial charge in [0.25, 0.3) is 5.91 Å². The van der Waals surface area contributed by atoms with Crippen LogP contribution >= 0.6 is 0 Å². The molecule has 1 unspecified atom stereocenters. The van der Waals surface area contributed by atoms with Crippen LogP contribution in [0.3, 0.4) is 0 Å². The maximum Gasteiger partial charge on any atom is 0.257 e. The van der Waals surface area contributed by atoms with Crippen LogP contribution < -0.4 is 5.32 Å². The minimum Gasteiger partial charge on any atom is -0.504 e. The quantitative estimate of drug-likeness (QED) is 0.402. The van der Waals surface area contributed by atoms with Gasteiger partial charge >= 0.3 is 0 Å². The molecule has 4 N–H and O–H groups in total. The number of hydrogen-bond donors (Lipinski definition) is 4. The number of hydrogen-bond acceptors (Lipinski definition) is 4. The second-order valence-corrected chi connectivity index (χ2v) is 2.82. The molecule has 0 aliphatic heterocycles. The van der Waals surface area contributed by atoms with E-state index >= 15 is 0 Å². The van der Waals surface area contributed by atoms with Crippen molar-refractivity contribution in [2.75, 3.05) is 0 Å². The average molecular weight is 197 g/mol. The van der Waals surface area contributed by atoms with Crippen LogP contribution in [0.1, 0.15) is 17.3 Å². The number of rotatable bonds is 2. The van der Waals surface area contributed by atoms with Crippen LogP contribution in [0.4, 0.5) is 0 Å². The van der Waals surface area contributed by atoms with Crippen molar-refractivity contribution in [3.05, 3.63) is 23.8 Å². The fraction of sp³-hybridized carbons (Fsp3) is 0.222. The van der Waals surface area contributed by atoms with Gasteiger partial charge in [-0.2, -0.15) is 0 Å². The van der Waals surface area contributed by atoms with Crippen molar-refractivity contribution in [3.63, 3.8) is 0 Å². The summed E-state index contributed by atoms with van der Waals surface area (Å²) in [5.41, 5.74) is -0.0779. The number of para-hydroxylation sites is 1. The summed E-state index contributed by atoms with van der Waals surface area (Å²) in [5, 5.41) is 29.4. The summed E-state index contributed by atoms with van der Waals surface area (Å²) in [6.07, 6.45) is -1.01. The molecule has 0 saturated heterocycles. The number of aromatic hydroxyl groups is 2. The summed E-state index contributed by atoms with van der Waals surface area (Å²) in [6, 6.07) is 4.02. The molecule has 1 rings (SSSR count). The summed E-state index contributed by atoms with van der Waals surface area (Å²) in [4.78, 5) is 11.3. The van der Waals surface area contributed by atoms with Gasteiger partial charge < -0.3 is 20.6 Å². The first-order valence-corrected chi connectivity index (χ1v) is 4.02. The van der Waals surface area contributed by atoms with Crippen LogP contribution in [0.15, 0.2) is 18.2 Å². The zero-order chi connectivity index (χ0) is 10.7. The number of aliphatic hydroxyl groups is 1. The van der Waals surface area contributed by atoms with Gasteiger partial charge in [-0.3, -0.25) is 4.79 Å². The second-order valence-electron chi connectivity index (χ2n) is 2.82. The van der Waals surface area contributed by atoms with Crippen LogP contribution in [0.2, 0.25) is 0 Å². The first kappa shape index (κ1) is 10.3. The highest BCUT2D eigenvalue weighted by Crippen LogP contribution is 2.27. The Morgan fingerprint density at radius 2 is 2.07 bits per heavy atom. The van der Waals surface area contributed by atoms with Crippen molar-refractivity contribution >= 4 is 5.91 Å². The molecular weight excluding hydrogens is 186 g/mol. The highest BCUT2D eigenvalue weighted by molar-refractivity contribution is 5.97. The predicted octanol–water partition coefficient (Wildman–Crippen LogP) is 0.166. The van der Waals surface area contributed by atoms with Gasteiger partial charge in [0.2, 0.25) is 0 Å². The van der Waals surface area contributed by atoms with Gasteiger partial charge in [0.1, 0.15) is 6.23 Å². The molecule has 76 valence electrons. The van der Waals surface area contributed by atoms with Crippen LogP contribution in [0.5, 0.6) is 11.5 Å². The van der Waals surface area contributed by atoms with E-state index in [0.29, 0.717) is 0 Å². The third kappa shape index (κ3) is 2.14. The molecule has 5 heteroatoms. The van der Waals surface area contributed by atoms with Gasteiger partial charge in [0, 0.05) is 0 Å². The number of carbonyl (C=O) groups is 1. The van der Waals surface area contributed by atoms with E-state index in [9.17, 15) is 9.90 Å². The minimum absolute atomic E-state index is 0.0779. The number of nitrogens with one attached hydrogen (secondary N) is 1. The van der Waals surface area contributed by atoms with E-state index in [1.165, 1.54) is 25.1 Å². The third-order valence-electron chi connectivity index (χ3n) is 1.60. The summed E-state index contributed by atoms with van der Waals surface area (Å²) in [5.74, 6) is -1.51. The molecule has 14 heavy (non-hydrogen) atoms. The number of benzene rings is 1. The van der Waals surface area contributed by atoms with Crippen LogP contribution in [-0.4, -0.2) is 27.5 Å². The topological polar surface area (TPSA) is 89.8 Å². The molecular formula is C9H11NO4. The van der Waals surface area contributed by atoms with E-state index in [2.05, 4.69) is 5.32 Å². The molecule has 0 saturated carbocycles. The van der Waals surface area contributed by atoms with Gasteiger partial charge in [0.05, 0.1) is 5.56 Å². The first-order chi connectivity index (χ1) is 6.52. The van der Waals surface area contributed by atoms with Crippen molar-refractivity contribution in [1.29, 1.82) is 0 Å². The van der Waals surface area contributed by atoms with Crippen LogP contribution in [-0.2, 0) is 0 Å². The third-order valence-corrected chi connectivity index (χ3v) is 1.60. The molecule has 0 fully saturated rings. The molecule has 1 atom stereocenters. The Hall–Kier alpha value is -1.75. The molecule has 1 aromatic carbocycles. The van der Waals surface area contributed by atoms with Gasteiger partial charge in [-0.25, -0.2) is 0 Å². The normalized spacial score (nSPS) is 12.1. The molecule has 0 aliphatic carbocycles. The zero-order valence-electron chi connectivity index (χ0n) is 7.56. The largest absolute Gasteiger partial charge is 0.504 e. The SMILES string of the molecule is CC(O)NC(=O)c1cccc(O)c1O. The summed E-state index contributed by atoms with van der Waals surface area (Å²) in [7, 11) is 0. The highest BCUT2D eigenvalue weighted by Gasteiger charge is 2.14. The van der Waals surface area contributed by atoms with E-state index in [4.69, 9.17) is 10.2 Å². The van der Waals surface area contributed by atoms with E-state index in [1.54, 1.807) is 0 Å². The molecule has 0 heterocycles. The Morgan fingerprint density at radius 1 is 1.43 bits per heavy atom. The van der Waals surface area contributed by atoms with Crippen molar-refractivity contribution in [3.8, 4) is 11.5 Å². The molecule has 0 aliphatic rings. The van der Waals surface area contributed by atoms with Gasteiger partial charge in [-0.05, 0) is 19.1 Å². The van der Waals surface area contributed by atoms with E-state index in [1.807, 2.05) is 0 Å². The Morgan fingerprint density at radius 3 is 2.64 bits per heavy atom. The zero-order valence-corrected chi connectivity index (χ0v) is 7.56. The standard InChI is InChI=1S/C9H11NO4/c1-5(11)10-9(14)6-3-2-4-7(12)8(6)13/h2-5,11-13H,1H3,(H,10,14). The van der Waals surface area contributed by atoms with E-state index in [0.717, 1.165) is 0 Å². The average Bonchev–Trinajstić information content (AvgIpc) is 2.08. The van der Waals surface area contributed by atoms with Crippen molar-refractivity contribution in [2.24, 2.45) is 0 Å². The lowest BCUT2D eigenvalue weighted by Crippen LogP contribution is -2.32. The Labute approximate surface area is 80.6 Å². The van der Waals surface area contributed by atoms with E-state index < -0.39 is 17.9 Å². The van der Waals surface area contributed by atoms with Gasteiger partial charge in [0.15, 0.2) is 11.5 Å². The van der Waals surface area contributed by atoms with Gasteiger partial charge in [-0.15, -0.1) is 0 Å². The molecule has 0 radical (unpaired) electrons. The lowest BCUT2D eigenvalue weighted by molar-refractivity contribution is 0.0815. The van der Waals surface area contributed by atoms with Crippen LogP contribution in [0.25, 0.3) is 0 Å². The van der Waals surface area contributed by atoms with Crippen LogP contribution in [0, 0.1) is 0 Å². The fourth-order valence-corrected chi connectivity index (χ4v) is 0.982. The molecule has 1 aromatic rings. The summed E-state index contributed by atoms with van der Waals surface area (Å²) in [6.45, 7) is 1.37. The minimum atomic E-state index is -1.01. The molecule has 1 amide bonds. The van der Waals surface area contributed by atoms with Crippen molar-refractivity contribution in [1.82, 2.24) is 5.32 Å². The summed E-state index contributed by atoms with van der Waals surface area (Å²) >= 11 is 0. The monoisotopic (exact) mass is 197 g/mol. The number of phenols is 2. The molecule has 0 bridgehead atoms. The number of phenolic OH excluding ortho intramolecular Hbond substituents is 2. The highest BCUT2D eigenvalue weighted by atomic mass is 16.3. The number of amides is 1.